The number of nitrogens with zero attached hydrogens (tertiary/aromatic N) is 2. The van der Waals surface area contributed by atoms with Gasteiger partial charge >= 0.3 is 5.97 Å². The molecule has 2 aromatic rings. The lowest BCUT2D eigenvalue weighted by atomic mass is 9.89. The highest BCUT2D eigenvalue weighted by atomic mass is 32.1. The second kappa shape index (κ2) is 8.19. The SMILES string of the molecule is Cc1c(F)c(F)c(C(=O)O)c(-c2c3ccc(=[N+](C)C)cc-3sc3cc(N(C)C)ccc23)c1F. The van der Waals surface area contributed by atoms with Crippen LogP contribution >= 0.6 is 11.3 Å². The average Bonchev–Trinajstić information content (AvgIpc) is 2.77. The molecule has 0 saturated carbocycles. The Kier molecular flexibility index (Phi) is 5.66. The van der Waals surface area contributed by atoms with Crippen molar-refractivity contribution in [3.8, 4) is 21.6 Å². The number of fused-ring (bicyclic) bond motifs is 2. The van der Waals surface area contributed by atoms with Gasteiger partial charge in [0.25, 0.3) is 0 Å². The Hall–Kier alpha value is -3.39. The fourth-order valence-corrected chi connectivity index (χ4v) is 5.06. The van der Waals surface area contributed by atoms with E-state index in [1.165, 1.54) is 11.3 Å². The molecule has 4 nitrogen and oxygen atoms in total. The highest BCUT2D eigenvalue weighted by molar-refractivity contribution is 7.21. The zero-order chi connectivity index (χ0) is 24.2. The van der Waals surface area contributed by atoms with Crippen LogP contribution < -0.4 is 14.8 Å². The first-order valence-electron chi connectivity index (χ1n) is 10.1. The molecule has 1 N–H and O–H groups in total. The summed E-state index contributed by atoms with van der Waals surface area (Å²) in [6, 6.07) is 11.0. The monoisotopic (exact) mass is 471 g/mol. The number of halogens is 3. The molecule has 0 fully saturated rings. The van der Waals surface area contributed by atoms with Crippen molar-refractivity contribution in [2.75, 3.05) is 33.1 Å². The van der Waals surface area contributed by atoms with Gasteiger partial charge in [0, 0.05) is 69.1 Å². The molecule has 4 rings (SSSR count). The first-order valence-corrected chi connectivity index (χ1v) is 10.9. The van der Waals surface area contributed by atoms with Gasteiger partial charge in [0.2, 0.25) is 5.36 Å². The molecule has 1 aliphatic carbocycles. The molecule has 0 spiro atoms. The molecule has 1 aliphatic heterocycles. The molecule has 1 heterocycles. The summed E-state index contributed by atoms with van der Waals surface area (Å²) in [5, 5.41) is 11.2. The fourth-order valence-electron chi connectivity index (χ4n) is 3.91. The molecule has 0 saturated heterocycles. The Morgan fingerprint density at radius 3 is 2.27 bits per heavy atom. The topological polar surface area (TPSA) is 43.5 Å². The van der Waals surface area contributed by atoms with Crippen molar-refractivity contribution in [3.05, 3.63) is 70.3 Å². The van der Waals surface area contributed by atoms with Crippen molar-refractivity contribution in [1.82, 2.24) is 4.58 Å². The molecular weight excluding hydrogens is 449 g/mol. The summed E-state index contributed by atoms with van der Waals surface area (Å²) in [6.07, 6.45) is 0. The number of hydrogen-bond acceptors (Lipinski definition) is 3. The maximum Gasteiger partial charge on any atom is 0.339 e. The van der Waals surface area contributed by atoms with Crippen LogP contribution in [-0.4, -0.2) is 39.3 Å². The lowest BCUT2D eigenvalue weighted by Crippen LogP contribution is -2.21. The van der Waals surface area contributed by atoms with Gasteiger partial charge in [-0.05, 0) is 25.1 Å². The Morgan fingerprint density at radius 2 is 1.67 bits per heavy atom. The number of anilines is 1. The lowest BCUT2D eigenvalue weighted by Gasteiger charge is -2.20. The van der Waals surface area contributed by atoms with Crippen molar-refractivity contribution in [1.29, 1.82) is 0 Å². The smallest absolute Gasteiger partial charge is 0.339 e. The molecule has 8 heteroatoms. The Balaban J connectivity index is 2.29. The Bertz CT molecular complexity index is 1490. The molecule has 0 atom stereocenters. The van der Waals surface area contributed by atoms with Crippen LogP contribution in [0.15, 0.2) is 36.4 Å². The third kappa shape index (κ3) is 3.64. The molecule has 170 valence electrons. The van der Waals surface area contributed by atoms with Gasteiger partial charge < -0.3 is 10.0 Å². The van der Waals surface area contributed by atoms with Crippen molar-refractivity contribution >= 4 is 33.1 Å². The summed E-state index contributed by atoms with van der Waals surface area (Å²) in [5.41, 5.74) is -0.335. The van der Waals surface area contributed by atoms with Crippen LogP contribution in [0.5, 0.6) is 0 Å². The van der Waals surface area contributed by atoms with E-state index in [1.807, 2.05) is 61.9 Å². The molecule has 0 unspecified atom stereocenters. The summed E-state index contributed by atoms with van der Waals surface area (Å²) in [5.74, 6) is -5.88. The van der Waals surface area contributed by atoms with Crippen LogP contribution in [0.25, 0.3) is 31.7 Å². The quantitative estimate of drug-likeness (QED) is 0.254. The number of hydrogen-bond donors (Lipinski definition) is 1. The van der Waals surface area contributed by atoms with Crippen molar-refractivity contribution in [3.63, 3.8) is 0 Å². The number of benzene rings is 3. The zero-order valence-corrected chi connectivity index (χ0v) is 19.6. The van der Waals surface area contributed by atoms with Crippen molar-refractivity contribution in [2.24, 2.45) is 0 Å². The third-order valence-corrected chi connectivity index (χ3v) is 6.84. The fraction of sp³-hybridized carbons (Fsp3) is 0.200. The number of carboxylic acid groups (broad SMARTS) is 1. The van der Waals surface area contributed by atoms with E-state index in [9.17, 15) is 18.7 Å². The number of carboxylic acids is 1. The summed E-state index contributed by atoms with van der Waals surface area (Å²) < 4.78 is 47.4. The van der Waals surface area contributed by atoms with Gasteiger partial charge in [0.15, 0.2) is 11.6 Å². The second-order valence-electron chi connectivity index (χ2n) is 8.25. The molecule has 0 radical (unpaired) electrons. The minimum absolute atomic E-state index is 0.228. The zero-order valence-electron chi connectivity index (χ0n) is 18.8. The highest BCUT2D eigenvalue weighted by Crippen LogP contribution is 2.46. The second-order valence-corrected chi connectivity index (χ2v) is 9.33. The van der Waals surface area contributed by atoms with E-state index in [2.05, 4.69) is 0 Å². The Labute approximate surface area is 192 Å². The number of carbonyl (C=O) groups is 1. The maximum atomic E-state index is 15.5. The molecule has 2 aromatic carbocycles. The van der Waals surface area contributed by atoms with Gasteiger partial charge in [-0.15, -0.1) is 11.3 Å². The van der Waals surface area contributed by atoms with Crippen LogP contribution in [0.3, 0.4) is 0 Å². The van der Waals surface area contributed by atoms with Gasteiger partial charge in [-0.1, -0.05) is 6.07 Å². The van der Waals surface area contributed by atoms with Gasteiger partial charge in [0.1, 0.15) is 25.5 Å². The van der Waals surface area contributed by atoms with Crippen LogP contribution in [0.1, 0.15) is 15.9 Å². The largest absolute Gasteiger partial charge is 0.478 e. The van der Waals surface area contributed by atoms with Crippen LogP contribution in [-0.2, 0) is 0 Å². The van der Waals surface area contributed by atoms with Gasteiger partial charge in [0.05, 0.1) is 0 Å². The van der Waals surface area contributed by atoms with E-state index in [4.69, 9.17) is 0 Å². The summed E-state index contributed by atoms with van der Waals surface area (Å²) >= 11 is 1.46. The highest BCUT2D eigenvalue weighted by Gasteiger charge is 2.31. The predicted octanol–water partition coefficient (Wildman–Crippen LogP) is 5.19. The van der Waals surface area contributed by atoms with Crippen LogP contribution in [0.2, 0.25) is 0 Å². The van der Waals surface area contributed by atoms with Crippen molar-refractivity contribution in [2.45, 2.75) is 6.92 Å². The first kappa shape index (κ1) is 22.8. The van der Waals surface area contributed by atoms with Crippen molar-refractivity contribution < 1.29 is 23.1 Å². The van der Waals surface area contributed by atoms with E-state index in [0.29, 0.717) is 10.9 Å². The predicted molar refractivity (Wildman–Crippen MR) is 127 cm³/mol. The maximum absolute atomic E-state index is 15.5. The molecule has 0 aromatic heterocycles. The van der Waals surface area contributed by atoms with E-state index in [-0.39, 0.29) is 5.56 Å². The third-order valence-electron chi connectivity index (χ3n) is 5.73. The summed E-state index contributed by atoms with van der Waals surface area (Å²) in [6.45, 7) is 1.10. The molecule has 33 heavy (non-hydrogen) atoms. The standard InChI is InChI=1S/C25H21F3N2O2S/c1-12-22(26)20(21(25(31)32)24(28)23(12)27)19-15-8-6-13(29(2)3)10-17(15)33-18-11-14(30(4)5)7-9-16(18)19/h6-11H,1-5H3/p+1. The van der Waals surface area contributed by atoms with Crippen LogP contribution in [0.4, 0.5) is 18.9 Å². The minimum atomic E-state index is -1.73. The van der Waals surface area contributed by atoms with Gasteiger partial charge in [-0.2, -0.15) is 0 Å². The minimum Gasteiger partial charge on any atom is -0.478 e. The van der Waals surface area contributed by atoms with E-state index >= 15 is 4.39 Å². The average molecular weight is 472 g/mol. The molecule has 0 amide bonds. The Morgan fingerprint density at radius 1 is 0.970 bits per heavy atom. The van der Waals surface area contributed by atoms with Gasteiger partial charge in [-0.3, -0.25) is 0 Å². The van der Waals surface area contributed by atoms with E-state index in [1.54, 1.807) is 12.1 Å². The lowest BCUT2D eigenvalue weighted by molar-refractivity contribution is 0.0691. The number of rotatable bonds is 3. The normalized spacial score (nSPS) is 11.3. The molecular formula is C25H22F3N2O2S+. The number of aromatic carboxylic acids is 1. The first-order chi connectivity index (χ1) is 15.5. The van der Waals surface area contributed by atoms with E-state index < -0.39 is 40.1 Å². The molecule has 0 bridgehead atoms. The van der Waals surface area contributed by atoms with E-state index in [0.717, 1.165) is 27.5 Å². The summed E-state index contributed by atoms with van der Waals surface area (Å²) in [4.78, 5) is 14.7. The van der Waals surface area contributed by atoms with Gasteiger partial charge in [-0.25, -0.2) is 22.5 Å². The molecule has 2 aliphatic rings. The summed E-state index contributed by atoms with van der Waals surface area (Å²) in [7, 11) is 7.55. The van der Waals surface area contributed by atoms with Crippen LogP contribution in [0, 0.1) is 24.4 Å².